The zero-order valence-electron chi connectivity index (χ0n) is 12.1. The first-order valence-corrected chi connectivity index (χ1v) is 6.86. The Morgan fingerprint density at radius 2 is 1.95 bits per heavy atom. The fraction of sp³-hybridized carbons (Fsp3) is 0.533. The topological polar surface area (TPSA) is 61.8 Å². The first-order chi connectivity index (χ1) is 9.55. The van der Waals surface area contributed by atoms with E-state index in [9.17, 15) is 9.90 Å². The van der Waals surface area contributed by atoms with Gasteiger partial charge in [0.1, 0.15) is 11.3 Å². The van der Waals surface area contributed by atoms with E-state index in [1.807, 2.05) is 31.3 Å². The third-order valence-corrected chi connectivity index (χ3v) is 4.04. The van der Waals surface area contributed by atoms with Crippen molar-refractivity contribution in [3.05, 3.63) is 29.8 Å². The smallest absolute Gasteiger partial charge is 0.324 e. The van der Waals surface area contributed by atoms with Gasteiger partial charge in [-0.3, -0.25) is 10.1 Å². The maximum absolute atomic E-state index is 11.6. The standard InChI is InChI=1S/C15H22N2O3/c1-17-9-7-15(8-10-17,14(18)19)16-11-12-3-5-13(20-2)6-4-12/h3-6,16H,7-11H2,1-2H3,(H,18,19). The molecular formula is C15H22N2O3. The van der Waals surface area contributed by atoms with E-state index in [0.717, 1.165) is 24.4 Å². The van der Waals surface area contributed by atoms with Gasteiger partial charge in [-0.2, -0.15) is 0 Å². The zero-order chi connectivity index (χ0) is 14.6. The van der Waals surface area contributed by atoms with Gasteiger partial charge >= 0.3 is 5.97 Å². The van der Waals surface area contributed by atoms with Crippen LogP contribution >= 0.6 is 0 Å². The molecule has 1 fully saturated rings. The maximum Gasteiger partial charge on any atom is 0.324 e. The molecule has 110 valence electrons. The molecular weight excluding hydrogens is 256 g/mol. The van der Waals surface area contributed by atoms with Crippen molar-refractivity contribution in [3.8, 4) is 5.75 Å². The number of nitrogens with one attached hydrogen (secondary N) is 1. The molecule has 1 aliphatic heterocycles. The molecule has 0 unspecified atom stereocenters. The molecule has 0 atom stereocenters. The molecule has 20 heavy (non-hydrogen) atoms. The fourth-order valence-electron chi connectivity index (χ4n) is 2.48. The van der Waals surface area contributed by atoms with Crippen LogP contribution in [0, 0.1) is 0 Å². The largest absolute Gasteiger partial charge is 0.497 e. The number of aliphatic carboxylic acids is 1. The highest BCUT2D eigenvalue weighted by Gasteiger charge is 2.40. The quantitative estimate of drug-likeness (QED) is 0.851. The SMILES string of the molecule is COc1ccc(CNC2(C(=O)O)CCN(C)CC2)cc1. The summed E-state index contributed by atoms with van der Waals surface area (Å²) in [6, 6.07) is 7.69. The Hall–Kier alpha value is -1.59. The maximum atomic E-state index is 11.6. The van der Waals surface area contributed by atoms with Crippen LogP contribution in [-0.2, 0) is 11.3 Å². The third kappa shape index (κ3) is 3.29. The van der Waals surface area contributed by atoms with E-state index in [-0.39, 0.29) is 0 Å². The highest BCUT2D eigenvalue weighted by molar-refractivity contribution is 5.79. The van der Waals surface area contributed by atoms with E-state index in [0.29, 0.717) is 19.4 Å². The van der Waals surface area contributed by atoms with Crippen molar-refractivity contribution in [2.75, 3.05) is 27.2 Å². The van der Waals surface area contributed by atoms with Crippen LogP contribution in [0.3, 0.4) is 0 Å². The molecule has 2 rings (SSSR count). The molecule has 1 saturated heterocycles. The lowest BCUT2D eigenvalue weighted by Crippen LogP contribution is -2.57. The lowest BCUT2D eigenvalue weighted by molar-refractivity contribution is -0.147. The number of methoxy groups -OCH3 is 1. The van der Waals surface area contributed by atoms with Crippen LogP contribution in [-0.4, -0.2) is 48.8 Å². The Balaban J connectivity index is 2.00. The van der Waals surface area contributed by atoms with Gasteiger partial charge in [0.25, 0.3) is 0 Å². The summed E-state index contributed by atoms with van der Waals surface area (Å²) < 4.78 is 5.11. The number of carboxylic acids is 1. The third-order valence-electron chi connectivity index (χ3n) is 4.04. The summed E-state index contributed by atoms with van der Waals surface area (Å²) in [5.74, 6) is 0.0556. The molecule has 0 bridgehead atoms. The van der Waals surface area contributed by atoms with E-state index >= 15 is 0 Å². The van der Waals surface area contributed by atoms with Gasteiger partial charge in [0.2, 0.25) is 0 Å². The number of carboxylic acid groups (broad SMARTS) is 1. The first kappa shape index (κ1) is 14.8. The van der Waals surface area contributed by atoms with E-state index < -0.39 is 11.5 Å². The molecule has 1 heterocycles. The van der Waals surface area contributed by atoms with Crippen LogP contribution in [0.15, 0.2) is 24.3 Å². The van der Waals surface area contributed by atoms with Crippen LogP contribution < -0.4 is 10.1 Å². The molecule has 5 heteroatoms. The number of rotatable bonds is 5. The minimum absolute atomic E-state index is 0.556. The van der Waals surface area contributed by atoms with Crippen molar-refractivity contribution < 1.29 is 14.6 Å². The van der Waals surface area contributed by atoms with Crippen molar-refractivity contribution in [3.63, 3.8) is 0 Å². The summed E-state index contributed by atoms with van der Waals surface area (Å²) in [5, 5.41) is 12.8. The van der Waals surface area contributed by atoms with Gasteiger partial charge in [-0.25, -0.2) is 0 Å². The van der Waals surface area contributed by atoms with Gasteiger partial charge in [-0.05, 0) is 37.6 Å². The van der Waals surface area contributed by atoms with Gasteiger partial charge in [0.15, 0.2) is 0 Å². The number of hydrogen-bond acceptors (Lipinski definition) is 4. The highest BCUT2D eigenvalue weighted by atomic mass is 16.5. The molecule has 0 amide bonds. The van der Waals surface area contributed by atoms with E-state index in [2.05, 4.69) is 10.2 Å². The molecule has 0 spiro atoms. The van der Waals surface area contributed by atoms with Gasteiger partial charge < -0.3 is 14.7 Å². The van der Waals surface area contributed by atoms with Crippen molar-refractivity contribution in [2.24, 2.45) is 0 Å². The summed E-state index contributed by atoms with van der Waals surface area (Å²) in [6.07, 6.45) is 1.27. The summed E-state index contributed by atoms with van der Waals surface area (Å²) >= 11 is 0. The second-order valence-corrected chi connectivity index (χ2v) is 5.39. The Morgan fingerprint density at radius 1 is 1.35 bits per heavy atom. The average Bonchev–Trinajstić information content (AvgIpc) is 2.47. The Morgan fingerprint density at radius 3 is 2.45 bits per heavy atom. The van der Waals surface area contributed by atoms with Crippen molar-refractivity contribution in [2.45, 2.75) is 24.9 Å². The summed E-state index contributed by atoms with van der Waals surface area (Å²) in [4.78, 5) is 13.8. The Bertz CT molecular complexity index is 451. The number of piperidine rings is 1. The Labute approximate surface area is 119 Å². The first-order valence-electron chi connectivity index (χ1n) is 6.86. The van der Waals surface area contributed by atoms with Gasteiger partial charge in [-0.15, -0.1) is 0 Å². The monoisotopic (exact) mass is 278 g/mol. The minimum Gasteiger partial charge on any atom is -0.497 e. The van der Waals surface area contributed by atoms with Crippen LogP contribution in [0.2, 0.25) is 0 Å². The number of ether oxygens (including phenoxy) is 1. The normalized spacial score (nSPS) is 18.7. The number of hydrogen-bond donors (Lipinski definition) is 2. The number of carbonyl (C=O) groups is 1. The molecule has 0 aliphatic carbocycles. The lowest BCUT2D eigenvalue weighted by Gasteiger charge is -2.38. The molecule has 0 aromatic heterocycles. The van der Waals surface area contributed by atoms with Crippen LogP contribution in [0.4, 0.5) is 0 Å². The highest BCUT2D eigenvalue weighted by Crippen LogP contribution is 2.23. The predicted octanol–water partition coefficient (Wildman–Crippen LogP) is 1.33. The molecule has 0 saturated carbocycles. The van der Waals surface area contributed by atoms with Crippen molar-refractivity contribution in [1.82, 2.24) is 10.2 Å². The van der Waals surface area contributed by atoms with Crippen molar-refractivity contribution >= 4 is 5.97 Å². The molecule has 1 aliphatic rings. The molecule has 2 N–H and O–H groups in total. The number of likely N-dealkylation sites (tertiary alicyclic amines) is 1. The van der Waals surface area contributed by atoms with Crippen LogP contribution in [0.1, 0.15) is 18.4 Å². The fourth-order valence-corrected chi connectivity index (χ4v) is 2.48. The van der Waals surface area contributed by atoms with E-state index in [4.69, 9.17) is 4.74 Å². The zero-order valence-corrected chi connectivity index (χ0v) is 12.1. The van der Waals surface area contributed by atoms with E-state index in [1.165, 1.54) is 0 Å². The Kier molecular flexibility index (Phi) is 4.62. The second kappa shape index (κ2) is 6.24. The predicted molar refractivity (Wildman–Crippen MR) is 76.9 cm³/mol. The average molecular weight is 278 g/mol. The summed E-state index contributed by atoms with van der Waals surface area (Å²) in [5.41, 5.74) is 0.261. The summed E-state index contributed by atoms with van der Waals surface area (Å²) in [6.45, 7) is 2.17. The molecule has 1 aromatic rings. The molecule has 0 radical (unpaired) electrons. The van der Waals surface area contributed by atoms with Crippen LogP contribution in [0.25, 0.3) is 0 Å². The number of benzene rings is 1. The lowest BCUT2D eigenvalue weighted by atomic mass is 9.87. The number of nitrogens with zero attached hydrogens (tertiary/aromatic N) is 1. The van der Waals surface area contributed by atoms with Gasteiger partial charge in [0, 0.05) is 19.6 Å². The second-order valence-electron chi connectivity index (χ2n) is 5.39. The minimum atomic E-state index is -0.799. The van der Waals surface area contributed by atoms with Crippen molar-refractivity contribution in [1.29, 1.82) is 0 Å². The van der Waals surface area contributed by atoms with Gasteiger partial charge in [-0.1, -0.05) is 12.1 Å². The van der Waals surface area contributed by atoms with Crippen LogP contribution in [0.5, 0.6) is 5.75 Å². The van der Waals surface area contributed by atoms with E-state index in [1.54, 1.807) is 7.11 Å². The molecule has 5 nitrogen and oxygen atoms in total. The molecule has 1 aromatic carbocycles. The summed E-state index contributed by atoms with van der Waals surface area (Å²) in [7, 11) is 3.65. The van der Waals surface area contributed by atoms with Gasteiger partial charge in [0.05, 0.1) is 7.11 Å².